The fourth-order valence-electron chi connectivity index (χ4n) is 2.05. The molecule has 3 rings (SSSR count). The highest BCUT2D eigenvalue weighted by Gasteiger charge is 2.18. The molecule has 104 valence electrons. The molecule has 5 heteroatoms. The minimum Gasteiger partial charge on any atom is -0.478 e. The number of aromatic nitrogens is 3. The first-order chi connectivity index (χ1) is 10.1. The maximum atomic E-state index is 11.4. The van der Waals surface area contributed by atoms with E-state index < -0.39 is 5.97 Å². The number of carbonyl (C=O) groups is 1. The van der Waals surface area contributed by atoms with Crippen LogP contribution in [0.1, 0.15) is 15.9 Å². The van der Waals surface area contributed by atoms with Crippen LogP contribution in [-0.2, 0) is 0 Å². The lowest BCUT2D eigenvalue weighted by atomic mass is 10.2. The SMILES string of the molecule is Cc1ccc(-n2cc(C(=O)O)c(-c3ccccn3)n2)cc1. The van der Waals surface area contributed by atoms with Gasteiger partial charge in [0.2, 0.25) is 0 Å². The number of rotatable bonds is 3. The van der Waals surface area contributed by atoms with Crippen molar-refractivity contribution in [3.05, 3.63) is 66.0 Å². The van der Waals surface area contributed by atoms with Gasteiger partial charge >= 0.3 is 5.97 Å². The molecule has 0 saturated heterocycles. The molecular weight excluding hydrogens is 266 g/mol. The summed E-state index contributed by atoms with van der Waals surface area (Å²) in [6.45, 7) is 1.99. The van der Waals surface area contributed by atoms with Gasteiger partial charge in [0, 0.05) is 12.4 Å². The predicted octanol–water partition coefficient (Wildman–Crippen LogP) is 2.94. The third kappa shape index (κ3) is 2.53. The highest BCUT2D eigenvalue weighted by atomic mass is 16.4. The van der Waals surface area contributed by atoms with Gasteiger partial charge in [0.1, 0.15) is 11.3 Å². The van der Waals surface area contributed by atoms with Gasteiger partial charge in [-0.2, -0.15) is 5.10 Å². The van der Waals surface area contributed by atoms with E-state index in [1.807, 2.05) is 31.2 Å². The third-order valence-electron chi connectivity index (χ3n) is 3.15. The Kier molecular flexibility index (Phi) is 3.23. The molecule has 0 aliphatic rings. The van der Waals surface area contributed by atoms with Crippen LogP contribution < -0.4 is 0 Å². The molecule has 2 heterocycles. The minimum atomic E-state index is -1.02. The van der Waals surface area contributed by atoms with E-state index >= 15 is 0 Å². The van der Waals surface area contributed by atoms with Gasteiger partial charge in [0.15, 0.2) is 0 Å². The Balaban J connectivity index is 2.13. The molecule has 0 saturated carbocycles. The normalized spacial score (nSPS) is 10.5. The van der Waals surface area contributed by atoms with E-state index in [0.29, 0.717) is 11.4 Å². The van der Waals surface area contributed by atoms with Crippen molar-refractivity contribution in [1.29, 1.82) is 0 Å². The summed E-state index contributed by atoms with van der Waals surface area (Å²) in [4.78, 5) is 15.6. The van der Waals surface area contributed by atoms with Crippen LogP contribution in [0.4, 0.5) is 0 Å². The Labute approximate surface area is 121 Å². The fourth-order valence-corrected chi connectivity index (χ4v) is 2.05. The summed E-state index contributed by atoms with van der Waals surface area (Å²) >= 11 is 0. The van der Waals surface area contributed by atoms with Gasteiger partial charge in [-0.25, -0.2) is 9.48 Å². The molecule has 0 unspecified atom stereocenters. The van der Waals surface area contributed by atoms with E-state index in [1.165, 1.54) is 6.20 Å². The van der Waals surface area contributed by atoms with Crippen molar-refractivity contribution in [3.8, 4) is 17.1 Å². The second kappa shape index (κ2) is 5.20. The number of nitrogens with zero attached hydrogens (tertiary/aromatic N) is 3. The van der Waals surface area contributed by atoms with Crippen LogP contribution in [0, 0.1) is 6.92 Å². The molecule has 0 amide bonds. The summed E-state index contributed by atoms with van der Waals surface area (Å²) in [5.74, 6) is -1.02. The molecule has 0 atom stereocenters. The second-order valence-electron chi connectivity index (χ2n) is 4.69. The molecule has 2 aromatic heterocycles. The zero-order valence-electron chi connectivity index (χ0n) is 11.4. The van der Waals surface area contributed by atoms with Crippen LogP contribution >= 0.6 is 0 Å². The van der Waals surface area contributed by atoms with Gasteiger partial charge in [-0.1, -0.05) is 23.8 Å². The smallest absolute Gasteiger partial charge is 0.339 e. The molecule has 0 spiro atoms. The Hall–Kier alpha value is -2.95. The zero-order chi connectivity index (χ0) is 14.8. The lowest BCUT2D eigenvalue weighted by molar-refractivity contribution is 0.0697. The Morgan fingerprint density at radius 2 is 1.90 bits per heavy atom. The van der Waals surface area contributed by atoms with Crippen LogP contribution in [0.2, 0.25) is 0 Å². The van der Waals surface area contributed by atoms with E-state index in [0.717, 1.165) is 11.3 Å². The predicted molar refractivity (Wildman–Crippen MR) is 78.5 cm³/mol. The number of carboxylic acids is 1. The number of benzene rings is 1. The van der Waals surface area contributed by atoms with Crippen LogP contribution in [0.25, 0.3) is 17.1 Å². The van der Waals surface area contributed by atoms with Gasteiger partial charge in [-0.05, 0) is 31.2 Å². The number of aromatic carboxylic acids is 1. The topological polar surface area (TPSA) is 68.0 Å². The number of aryl methyl sites for hydroxylation is 1. The molecule has 1 N–H and O–H groups in total. The van der Waals surface area contributed by atoms with Gasteiger partial charge in [-0.3, -0.25) is 4.98 Å². The number of hydrogen-bond acceptors (Lipinski definition) is 3. The van der Waals surface area contributed by atoms with Gasteiger partial charge in [0.05, 0.1) is 11.4 Å². The molecule has 0 aliphatic carbocycles. The van der Waals surface area contributed by atoms with Crippen molar-refractivity contribution in [3.63, 3.8) is 0 Å². The van der Waals surface area contributed by atoms with E-state index in [1.54, 1.807) is 29.1 Å². The monoisotopic (exact) mass is 279 g/mol. The Morgan fingerprint density at radius 3 is 2.52 bits per heavy atom. The van der Waals surface area contributed by atoms with Crippen LogP contribution in [0.5, 0.6) is 0 Å². The fraction of sp³-hybridized carbons (Fsp3) is 0.0625. The maximum Gasteiger partial charge on any atom is 0.339 e. The van der Waals surface area contributed by atoms with Crippen LogP contribution in [-0.4, -0.2) is 25.8 Å². The molecule has 0 radical (unpaired) electrons. The van der Waals surface area contributed by atoms with Crippen molar-refractivity contribution < 1.29 is 9.90 Å². The molecule has 0 aliphatic heterocycles. The van der Waals surface area contributed by atoms with E-state index in [9.17, 15) is 9.90 Å². The van der Waals surface area contributed by atoms with Crippen molar-refractivity contribution >= 4 is 5.97 Å². The van der Waals surface area contributed by atoms with E-state index in [-0.39, 0.29) is 5.56 Å². The summed E-state index contributed by atoms with van der Waals surface area (Å²) in [6, 6.07) is 13.0. The van der Waals surface area contributed by atoms with Crippen molar-refractivity contribution in [1.82, 2.24) is 14.8 Å². The van der Waals surface area contributed by atoms with Gasteiger partial charge in [-0.15, -0.1) is 0 Å². The molecule has 0 bridgehead atoms. The first-order valence-corrected chi connectivity index (χ1v) is 6.46. The molecule has 5 nitrogen and oxygen atoms in total. The van der Waals surface area contributed by atoms with Gasteiger partial charge in [0.25, 0.3) is 0 Å². The summed E-state index contributed by atoms with van der Waals surface area (Å²) in [5, 5.41) is 13.7. The minimum absolute atomic E-state index is 0.134. The lowest BCUT2D eigenvalue weighted by Gasteiger charge is -2.01. The van der Waals surface area contributed by atoms with Crippen molar-refractivity contribution in [2.45, 2.75) is 6.92 Å². The van der Waals surface area contributed by atoms with Crippen LogP contribution in [0.15, 0.2) is 54.9 Å². The first-order valence-electron chi connectivity index (χ1n) is 6.46. The standard InChI is InChI=1S/C16H13N3O2/c1-11-5-7-12(8-6-11)19-10-13(16(20)21)15(18-19)14-4-2-3-9-17-14/h2-10H,1H3,(H,20,21). The Morgan fingerprint density at radius 1 is 1.14 bits per heavy atom. The average Bonchev–Trinajstić information content (AvgIpc) is 2.94. The molecule has 21 heavy (non-hydrogen) atoms. The quantitative estimate of drug-likeness (QED) is 0.800. The Bertz CT molecular complexity index is 777. The van der Waals surface area contributed by atoms with Crippen molar-refractivity contribution in [2.75, 3.05) is 0 Å². The number of pyridine rings is 1. The van der Waals surface area contributed by atoms with Crippen LogP contribution in [0.3, 0.4) is 0 Å². The first kappa shape index (κ1) is 13.1. The second-order valence-corrected chi connectivity index (χ2v) is 4.69. The third-order valence-corrected chi connectivity index (χ3v) is 3.15. The zero-order valence-corrected chi connectivity index (χ0v) is 11.4. The van der Waals surface area contributed by atoms with Gasteiger partial charge < -0.3 is 5.11 Å². The molecule has 3 aromatic rings. The highest BCUT2D eigenvalue weighted by molar-refractivity contribution is 5.94. The van der Waals surface area contributed by atoms with E-state index in [2.05, 4.69) is 10.1 Å². The van der Waals surface area contributed by atoms with E-state index in [4.69, 9.17) is 0 Å². The van der Waals surface area contributed by atoms with Crippen molar-refractivity contribution in [2.24, 2.45) is 0 Å². The number of carboxylic acid groups (broad SMARTS) is 1. The summed E-state index contributed by atoms with van der Waals surface area (Å²) in [5.41, 5.74) is 2.98. The average molecular weight is 279 g/mol. The summed E-state index contributed by atoms with van der Waals surface area (Å²) in [7, 11) is 0. The summed E-state index contributed by atoms with van der Waals surface area (Å²) in [6.07, 6.45) is 3.13. The number of hydrogen-bond donors (Lipinski definition) is 1. The molecule has 0 fully saturated rings. The summed E-state index contributed by atoms with van der Waals surface area (Å²) < 4.78 is 1.56. The molecule has 1 aromatic carbocycles. The highest BCUT2D eigenvalue weighted by Crippen LogP contribution is 2.22. The largest absolute Gasteiger partial charge is 0.478 e. The lowest BCUT2D eigenvalue weighted by Crippen LogP contribution is -1.97. The maximum absolute atomic E-state index is 11.4. The molecular formula is C16H13N3O2.